The fourth-order valence-electron chi connectivity index (χ4n) is 9.13. The van der Waals surface area contributed by atoms with Gasteiger partial charge in [-0.3, -0.25) is 19.3 Å². The van der Waals surface area contributed by atoms with Gasteiger partial charge in [-0.25, -0.2) is 0 Å². The third kappa shape index (κ3) is 12.7. The quantitative estimate of drug-likeness (QED) is 0.0670. The van der Waals surface area contributed by atoms with Crippen LogP contribution in [0.5, 0.6) is 23.0 Å². The molecule has 0 spiro atoms. The van der Waals surface area contributed by atoms with Crippen LogP contribution in [0.25, 0.3) is 17.2 Å². The molecule has 6 aromatic carbocycles. The number of rotatable bonds is 18. The summed E-state index contributed by atoms with van der Waals surface area (Å²) >= 11 is 3.77. The van der Waals surface area contributed by atoms with Crippen molar-refractivity contribution in [3.8, 4) is 34.1 Å². The van der Waals surface area contributed by atoms with Crippen LogP contribution in [0.15, 0.2) is 144 Å². The first-order chi connectivity index (χ1) is 33.6. The number of amides is 2. The number of hydrogen-bond donors (Lipinski definition) is 1. The van der Waals surface area contributed by atoms with E-state index < -0.39 is 0 Å². The van der Waals surface area contributed by atoms with Crippen LogP contribution in [-0.4, -0.2) is 67.3 Å². The Labute approximate surface area is 414 Å². The molecular weight excluding hydrogens is 931 g/mol. The highest BCUT2D eigenvalue weighted by molar-refractivity contribution is 9.10. The number of halogens is 1. The molecule has 2 fully saturated rings. The number of ether oxygens (including phenoxy) is 4. The number of piperidine rings is 2. The van der Waals surface area contributed by atoms with Crippen LogP contribution in [-0.2, 0) is 35.9 Å². The lowest BCUT2D eigenvalue weighted by atomic mass is 9.94. The Bertz CT molecular complexity index is 2730. The summed E-state index contributed by atoms with van der Waals surface area (Å²) in [7, 11) is 3.17. The molecule has 356 valence electrons. The standard InChI is InChI=1S/C58H60BrN3O7/c1-40-48(12-9-13-50(40)45-10-5-4-6-11-45)39-69-54-27-21-44(34-51(54)59)37-62-31-8-7-14-52(62)58(65)61-32-29-47(30-33-61)57(64)60-36-42-15-17-43(18-16-42)38-68-55-28-20-41(35-56(55)67-3)19-26-53(63)46-22-24-49(66-2)25-23-46/h4-6,9-13,15-28,34-35,47,52H,7-8,14,29-33,36-39H2,1-3H3,(H,60,64)/b26-19+. The van der Waals surface area contributed by atoms with Crippen LogP contribution in [0.4, 0.5) is 0 Å². The second-order valence-corrected chi connectivity index (χ2v) is 18.6. The predicted octanol–water partition coefficient (Wildman–Crippen LogP) is 11.4. The average molecular weight is 991 g/mol. The lowest BCUT2D eigenvalue weighted by Gasteiger charge is -2.40. The Hall–Kier alpha value is -6.69. The number of ketones is 1. The van der Waals surface area contributed by atoms with Crippen LogP contribution < -0.4 is 24.3 Å². The molecule has 0 aliphatic carbocycles. The maximum atomic E-state index is 14.0. The van der Waals surface area contributed by atoms with Crippen molar-refractivity contribution in [3.05, 3.63) is 183 Å². The third-order valence-corrected chi connectivity index (χ3v) is 13.9. The fourth-order valence-corrected chi connectivity index (χ4v) is 9.67. The number of carbonyl (C=O) groups is 3. The molecule has 6 aromatic rings. The second kappa shape index (κ2) is 23.6. The lowest BCUT2D eigenvalue weighted by Crippen LogP contribution is -2.53. The van der Waals surface area contributed by atoms with Crippen LogP contribution >= 0.6 is 15.9 Å². The summed E-state index contributed by atoms with van der Waals surface area (Å²) in [6.07, 6.45) is 7.50. The van der Waals surface area contributed by atoms with E-state index in [9.17, 15) is 14.4 Å². The molecule has 1 atom stereocenters. The Morgan fingerprint density at radius 1 is 0.696 bits per heavy atom. The normalized spacial score (nSPS) is 15.4. The molecule has 8 rings (SSSR count). The van der Waals surface area contributed by atoms with Gasteiger partial charge < -0.3 is 29.2 Å². The van der Waals surface area contributed by atoms with Gasteiger partial charge in [-0.05, 0) is 154 Å². The summed E-state index contributed by atoms with van der Waals surface area (Å²) in [5, 5.41) is 3.13. The molecule has 2 heterocycles. The Kier molecular flexibility index (Phi) is 16.6. The van der Waals surface area contributed by atoms with E-state index in [0.29, 0.717) is 75.0 Å². The van der Waals surface area contributed by atoms with Gasteiger partial charge >= 0.3 is 0 Å². The van der Waals surface area contributed by atoms with Gasteiger partial charge in [-0.15, -0.1) is 0 Å². The SMILES string of the molecule is COc1ccc(C(=O)/C=C/c2ccc(OCc3ccc(CNC(=O)C4CCN(C(=O)C5CCCCN5Cc5ccc(OCc6cccc(-c7ccccc7)c6C)c(Br)c5)CC4)cc3)c(OC)c2)cc1. The van der Waals surface area contributed by atoms with Crippen molar-refractivity contribution >= 4 is 39.6 Å². The monoisotopic (exact) mass is 989 g/mol. The van der Waals surface area contributed by atoms with E-state index in [4.69, 9.17) is 18.9 Å². The number of hydrogen-bond acceptors (Lipinski definition) is 8. The minimum atomic E-state index is -0.174. The van der Waals surface area contributed by atoms with Crippen molar-refractivity contribution in [2.24, 2.45) is 5.92 Å². The van der Waals surface area contributed by atoms with E-state index in [1.54, 1.807) is 44.6 Å². The summed E-state index contributed by atoms with van der Waals surface area (Å²) < 4.78 is 24.1. The first-order valence-corrected chi connectivity index (χ1v) is 24.6. The number of benzene rings is 6. The minimum Gasteiger partial charge on any atom is -0.497 e. The largest absolute Gasteiger partial charge is 0.497 e. The average Bonchev–Trinajstić information content (AvgIpc) is 3.39. The first-order valence-electron chi connectivity index (χ1n) is 23.8. The molecule has 0 radical (unpaired) electrons. The molecule has 2 aliphatic heterocycles. The van der Waals surface area contributed by atoms with E-state index in [1.807, 2.05) is 59.5 Å². The van der Waals surface area contributed by atoms with Crippen molar-refractivity contribution in [1.82, 2.24) is 15.1 Å². The second-order valence-electron chi connectivity index (χ2n) is 17.8. The predicted molar refractivity (Wildman–Crippen MR) is 274 cm³/mol. The van der Waals surface area contributed by atoms with Crippen LogP contribution in [0.3, 0.4) is 0 Å². The van der Waals surface area contributed by atoms with Gasteiger partial charge in [0.05, 0.1) is 24.7 Å². The lowest BCUT2D eigenvalue weighted by molar-refractivity contribution is -0.141. The fraction of sp³-hybridized carbons (Fsp3) is 0.293. The summed E-state index contributed by atoms with van der Waals surface area (Å²) in [5.74, 6) is 2.58. The number of likely N-dealkylation sites (tertiary alicyclic amines) is 2. The van der Waals surface area contributed by atoms with Crippen molar-refractivity contribution in [2.45, 2.75) is 71.4 Å². The molecular formula is C58H60BrN3O7. The van der Waals surface area contributed by atoms with Gasteiger partial charge in [-0.2, -0.15) is 0 Å². The van der Waals surface area contributed by atoms with Crippen LogP contribution in [0, 0.1) is 12.8 Å². The highest BCUT2D eigenvalue weighted by atomic mass is 79.9. The Morgan fingerprint density at radius 3 is 2.16 bits per heavy atom. The smallest absolute Gasteiger partial charge is 0.239 e. The molecule has 2 aliphatic rings. The van der Waals surface area contributed by atoms with Gasteiger partial charge in [0, 0.05) is 37.7 Å². The topological polar surface area (TPSA) is 107 Å². The van der Waals surface area contributed by atoms with Gasteiger partial charge in [0.1, 0.15) is 24.7 Å². The van der Waals surface area contributed by atoms with E-state index in [2.05, 4.69) is 87.7 Å². The molecule has 0 bridgehead atoms. The van der Waals surface area contributed by atoms with Gasteiger partial charge in [0.2, 0.25) is 11.8 Å². The van der Waals surface area contributed by atoms with Crippen molar-refractivity contribution in [3.63, 3.8) is 0 Å². The maximum absolute atomic E-state index is 14.0. The Balaban J connectivity index is 0.766. The van der Waals surface area contributed by atoms with E-state index in [0.717, 1.165) is 63.8 Å². The van der Waals surface area contributed by atoms with E-state index >= 15 is 0 Å². The highest BCUT2D eigenvalue weighted by Crippen LogP contribution is 2.33. The number of methoxy groups -OCH3 is 2. The van der Waals surface area contributed by atoms with Gasteiger partial charge in [0.25, 0.3) is 0 Å². The molecule has 2 saturated heterocycles. The molecule has 10 nitrogen and oxygen atoms in total. The molecule has 1 unspecified atom stereocenters. The molecule has 11 heteroatoms. The van der Waals surface area contributed by atoms with Crippen molar-refractivity contribution in [1.29, 1.82) is 0 Å². The molecule has 2 amide bonds. The van der Waals surface area contributed by atoms with Gasteiger partial charge in [-0.1, -0.05) is 97.4 Å². The highest BCUT2D eigenvalue weighted by Gasteiger charge is 2.35. The van der Waals surface area contributed by atoms with Crippen LogP contribution in [0.1, 0.15) is 75.8 Å². The molecule has 1 N–H and O–H groups in total. The first kappa shape index (κ1) is 48.8. The van der Waals surface area contributed by atoms with Crippen molar-refractivity contribution < 1.29 is 33.3 Å². The zero-order valence-electron chi connectivity index (χ0n) is 39.6. The van der Waals surface area contributed by atoms with Gasteiger partial charge in [0.15, 0.2) is 17.3 Å². The molecule has 69 heavy (non-hydrogen) atoms. The minimum absolute atomic E-state index is 0.0260. The summed E-state index contributed by atoms with van der Waals surface area (Å²) in [5.41, 5.74) is 9.23. The van der Waals surface area contributed by atoms with E-state index in [1.165, 1.54) is 22.8 Å². The molecule has 0 aromatic heterocycles. The zero-order valence-corrected chi connectivity index (χ0v) is 41.2. The summed E-state index contributed by atoms with van der Waals surface area (Å²) in [4.78, 5) is 44.3. The zero-order chi connectivity index (χ0) is 48.1. The van der Waals surface area contributed by atoms with Crippen molar-refractivity contribution in [2.75, 3.05) is 33.9 Å². The number of carbonyl (C=O) groups excluding carboxylic acids is 3. The maximum Gasteiger partial charge on any atom is 0.239 e. The number of allylic oxidation sites excluding steroid dienone is 1. The summed E-state index contributed by atoms with van der Waals surface area (Å²) in [6, 6.07) is 43.4. The van der Waals surface area contributed by atoms with Crippen LogP contribution in [0.2, 0.25) is 0 Å². The summed E-state index contributed by atoms with van der Waals surface area (Å²) in [6.45, 7) is 6.07. The number of nitrogens with one attached hydrogen (secondary N) is 1. The number of nitrogens with zero attached hydrogens (tertiary/aromatic N) is 2. The Morgan fingerprint density at radius 2 is 1.42 bits per heavy atom. The van der Waals surface area contributed by atoms with E-state index in [-0.39, 0.29) is 29.6 Å². The third-order valence-electron chi connectivity index (χ3n) is 13.2. The molecule has 0 saturated carbocycles.